The van der Waals surface area contributed by atoms with Crippen LogP contribution in [0.5, 0.6) is 0 Å². The number of benzene rings is 2. The fourth-order valence-electron chi connectivity index (χ4n) is 2.56. The fraction of sp³-hybridized carbons (Fsp3) is 0.158. The number of aryl methyl sites for hydroxylation is 2. The third-order valence-corrected chi connectivity index (χ3v) is 4.95. The highest BCUT2D eigenvalue weighted by Gasteiger charge is 2.10. The van der Waals surface area contributed by atoms with Crippen LogP contribution in [-0.4, -0.2) is 15.3 Å². The molecule has 3 rings (SSSR count). The van der Waals surface area contributed by atoms with Gasteiger partial charge in [0.05, 0.1) is 6.33 Å². The molecule has 0 spiro atoms. The van der Waals surface area contributed by atoms with Crippen LogP contribution in [0.3, 0.4) is 0 Å². The minimum atomic E-state index is 0.144. The van der Waals surface area contributed by atoms with E-state index in [1.807, 2.05) is 48.9 Å². The Balaban J connectivity index is 1.87. The molecular weight excluding hydrogens is 399 g/mol. The van der Waals surface area contributed by atoms with Gasteiger partial charge in [-0.15, -0.1) is 0 Å². The number of nitrogens with zero attached hydrogens (tertiary/aromatic N) is 2. The van der Waals surface area contributed by atoms with Gasteiger partial charge in [-0.25, -0.2) is 4.98 Å². The number of halogens is 1. The van der Waals surface area contributed by atoms with Crippen LogP contribution in [0.2, 0.25) is 0 Å². The van der Waals surface area contributed by atoms with Gasteiger partial charge in [-0.2, -0.15) is 0 Å². The molecule has 0 N–H and O–H groups in total. The lowest BCUT2D eigenvalue weighted by Crippen LogP contribution is -2.05. The zero-order valence-electron chi connectivity index (χ0n) is 13.1. The summed E-state index contributed by atoms with van der Waals surface area (Å²) < 4.78 is 3.08. The first kappa shape index (κ1) is 15.9. The van der Waals surface area contributed by atoms with Crippen LogP contribution in [0.1, 0.15) is 27.0 Å². The molecule has 0 saturated heterocycles. The van der Waals surface area contributed by atoms with Crippen LogP contribution in [0, 0.1) is 17.4 Å². The summed E-state index contributed by atoms with van der Waals surface area (Å²) in [7, 11) is 0. The molecule has 1 aromatic heterocycles. The zero-order chi connectivity index (χ0) is 16.4. The fourth-order valence-corrected chi connectivity index (χ4v) is 3.07. The molecule has 4 heteroatoms. The number of ketones is 1. The molecule has 0 amide bonds. The molecule has 23 heavy (non-hydrogen) atoms. The van der Waals surface area contributed by atoms with Crippen molar-refractivity contribution < 1.29 is 4.79 Å². The second kappa shape index (κ2) is 6.66. The molecule has 116 valence electrons. The van der Waals surface area contributed by atoms with Crippen molar-refractivity contribution in [3.63, 3.8) is 0 Å². The van der Waals surface area contributed by atoms with Gasteiger partial charge in [-0.05, 0) is 71.3 Å². The van der Waals surface area contributed by atoms with E-state index in [1.54, 1.807) is 12.5 Å². The van der Waals surface area contributed by atoms with Crippen molar-refractivity contribution in [2.24, 2.45) is 0 Å². The Bertz CT molecular complexity index is 854. The third-order valence-electron chi connectivity index (χ3n) is 3.78. The zero-order valence-corrected chi connectivity index (χ0v) is 15.2. The number of aromatic nitrogens is 2. The van der Waals surface area contributed by atoms with Crippen molar-refractivity contribution in [1.82, 2.24) is 9.55 Å². The Kier molecular flexibility index (Phi) is 4.61. The first-order chi connectivity index (χ1) is 11.0. The van der Waals surface area contributed by atoms with Gasteiger partial charge in [0.25, 0.3) is 0 Å². The summed E-state index contributed by atoms with van der Waals surface area (Å²) >= 11 is 2.27. The monoisotopic (exact) mass is 416 g/mol. The molecule has 0 radical (unpaired) electrons. The van der Waals surface area contributed by atoms with Crippen molar-refractivity contribution in [3.8, 4) is 5.69 Å². The second-order valence-corrected chi connectivity index (χ2v) is 6.87. The molecular formula is C19H17IN2O. The van der Waals surface area contributed by atoms with E-state index in [-0.39, 0.29) is 5.78 Å². The molecule has 0 unspecified atom stereocenters. The Morgan fingerprint density at radius 1 is 1.17 bits per heavy atom. The maximum atomic E-state index is 12.6. The highest BCUT2D eigenvalue weighted by molar-refractivity contribution is 14.1. The first-order valence-corrected chi connectivity index (χ1v) is 8.49. The largest absolute Gasteiger partial charge is 0.306 e. The summed E-state index contributed by atoms with van der Waals surface area (Å²) in [6, 6.07) is 12.1. The van der Waals surface area contributed by atoms with Crippen LogP contribution < -0.4 is 0 Å². The van der Waals surface area contributed by atoms with Crippen LogP contribution in [0.25, 0.3) is 5.69 Å². The molecule has 0 aliphatic heterocycles. The van der Waals surface area contributed by atoms with Gasteiger partial charge in [-0.1, -0.05) is 18.2 Å². The molecule has 0 atom stereocenters. The van der Waals surface area contributed by atoms with Gasteiger partial charge in [-0.3, -0.25) is 4.79 Å². The lowest BCUT2D eigenvalue weighted by molar-refractivity contribution is 0.0993. The predicted octanol–water partition coefficient (Wildman–Crippen LogP) is 4.52. The van der Waals surface area contributed by atoms with Crippen LogP contribution in [0.15, 0.2) is 55.1 Å². The average Bonchev–Trinajstić information content (AvgIpc) is 3.03. The molecule has 0 aliphatic carbocycles. The third kappa shape index (κ3) is 3.69. The quantitative estimate of drug-likeness (QED) is 0.463. The van der Waals surface area contributed by atoms with Crippen molar-refractivity contribution in [2.75, 3.05) is 0 Å². The van der Waals surface area contributed by atoms with E-state index < -0.39 is 0 Å². The number of carbonyl (C=O) groups excluding carboxylic acids is 1. The van der Waals surface area contributed by atoms with E-state index in [0.717, 1.165) is 25.9 Å². The van der Waals surface area contributed by atoms with E-state index in [2.05, 4.69) is 39.7 Å². The summed E-state index contributed by atoms with van der Waals surface area (Å²) in [6.45, 7) is 4.09. The number of carbonyl (C=O) groups is 1. The molecule has 2 aromatic carbocycles. The molecule has 0 aliphatic rings. The molecule has 0 fully saturated rings. The molecule has 1 heterocycles. The van der Waals surface area contributed by atoms with Crippen molar-refractivity contribution in [3.05, 3.63) is 80.9 Å². The first-order valence-electron chi connectivity index (χ1n) is 7.41. The van der Waals surface area contributed by atoms with Gasteiger partial charge < -0.3 is 4.57 Å². The lowest BCUT2D eigenvalue weighted by atomic mass is 10.0. The highest BCUT2D eigenvalue weighted by Crippen LogP contribution is 2.18. The van der Waals surface area contributed by atoms with Crippen molar-refractivity contribution in [2.45, 2.75) is 20.3 Å². The van der Waals surface area contributed by atoms with E-state index in [0.29, 0.717) is 6.42 Å². The van der Waals surface area contributed by atoms with Crippen LogP contribution >= 0.6 is 22.6 Å². The minimum Gasteiger partial charge on any atom is -0.306 e. The standard InChI is InChI=1S/C19H17IN2O/c1-13-7-15(9-17(8-13)22-6-5-21-12-22)10-19(23)16-4-3-14(2)18(20)11-16/h3-9,11-12H,10H2,1-2H3. The minimum absolute atomic E-state index is 0.144. The summed E-state index contributed by atoms with van der Waals surface area (Å²) in [5, 5.41) is 0. The predicted molar refractivity (Wildman–Crippen MR) is 100 cm³/mol. The highest BCUT2D eigenvalue weighted by atomic mass is 127. The Morgan fingerprint density at radius 2 is 2.00 bits per heavy atom. The molecule has 0 saturated carbocycles. The van der Waals surface area contributed by atoms with E-state index in [9.17, 15) is 4.79 Å². The maximum Gasteiger partial charge on any atom is 0.167 e. The summed E-state index contributed by atoms with van der Waals surface area (Å²) in [6.07, 6.45) is 5.83. The Hall–Kier alpha value is -1.95. The average molecular weight is 416 g/mol. The summed E-state index contributed by atoms with van der Waals surface area (Å²) in [5.41, 5.74) is 5.15. The SMILES string of the molecule is Cc1cc(CC(=O)c2ccc(C)c(I)c2)cc(-n2ccnc2)c1. The lowest BCUT2D eigenvalue weighted by Gasteiger charge is -2.09. The Labute approximate surface area is 149 Å². The number of hydrogen-bond acceptors (Lipinski definition) is 2. The maximum absolute atomic E-state index is 12.6. The summed E-state index contributed by atoms with van der Waals surface area (Å²) in [5.74, 6) is 0.144. The summed E-state index contributed by atoms with van der Waals surface area (Å²) in [4.78, 5) is 16.6. The van der Waals surface area contributed by atoms with Gasteiger partial charge in [0.1, 0.15) is 0 Å². The number of hydrogen-bond donors (Lipinski definition) is 0. The van der Waals surface area contributed by atoms with Gasteiger partial charge in [0.2, 0.25) is 0 Å². The van der Waals surface area contributed by atoms with Crippen molar-refractivity contribution in [1.29, 1.82) is 0 Å². The van der Waals surface area contributed by atoms with Gasteiger partial charge in [0.15, 0.2) is 5.78 Å². The normalized spacial score (nSPS) is 10.7. The van der Waals surface area contributed by atoms with E-state index in [4.69, 9.17) is 0 Å². The van der Waals surface area contributed by atoms with Crippen LogP contribution in [0.4, 0.5) is 0 Å². The van der Waals surface area contributed by atoms with Crippen molar-refractivity contribution >= 4 is 28.4 Å². The van der Waals surface area contributed by atoms with Gasteiger partial charge in [0, 0.05) is 33.6 Å². The topological polar surface area (TPSA) is 34.9 Å². The smallest absolute Gasteiger partial charge is 0.167 e. The second-order valence-electron chi connectivity index (χ2n) is 5.71. The van der Waals surface area contributed by atoms with E-state index >= 15 is 0 Å². The van der Waals surface area contributed by atoms with Crippen LogP contribution in [-0.2, 0) is 6.42 Å². The molecule has 3 nitrogen and oxygen atoms in total. The number of Topliss-reactive ketones (excluding diaryl/α,β-unsaturated/α-hetero) is 1. The number of rotatable bonds is 4. The molecule has 0 bridgehead atoms. The Morgan fingerprint density at radius 3 is 2.70 bits per heavy atom. The van der Waals surface area contributed by atoms with E-state index in [1.165, 1.54) is 5.56 Å². The molecule has 3 aromatic rings. The number of imidazole rings is 1. The van der Waals surface area contributed by atoms with Gasteiger partial charge >= 0.3 is 0 Å².